The second-order valence-corrected chi connectivity index (χ2v) is 4.05. The van der Waals surface area contributed by atoms with Crippen molar-refractivity contribution < 1.29 is 14.6 Å². The Balaban J connectivity index is 2.75. The molecule has 0 aromatic heterocycles. The number of allylic oxidation sites excluding steroid dienone is 1. The molecular formula is C10H15ClO3. The highest BCUT2D eigenvalue weighted by Gasteiger charge is 2.39. The number of carbonyl (C=O) groups is 1. The van der Waals surface area contributed by atoms with E-state index in [9.17, 15) is 9.90 Å². The van der Waals surface area contributed by atoms with Gasteiger partial charge in [-0.2, -0.15) is 0 Å². The van der Waals surface area contributed by atoms with Crippen LogP contribution in [0.25, 0.3) is 0 Å². The Morgan fingerprint density at radius 1 is 1.57 bits per heavy atom. The highest BCUT2D eigenvalue weighted by molar-refractivity contribution is 6.25. The van der Waals surface area contributed by atoms with Gasteiger partial charge in [0.1, 0.15) is 0 Å². The summed E-state index contributed by atoms with van der Waals surface area (Å²) in [5, 5.41) is 9.21. The van der Waals surface area contributed by atoms with E-state index in [1.54, 1.807) is 0 Å². The van der Waals surface area contributed by atoms with Crippen molar-refractivity contribution in [2.75, 3.05) is 13.2 Å². The minimum absolute atomic E-state index is 0.523. The Morgan fingerprint density at radius 3 is 2.57 bits per heavy atom. The van der Waals surface area contributed by atoms with Crippen molar-refractivity contribution in [2.24, 2.45) is 5.41 Å². The Kier molecular flexibility index (Phi) is 3.96. The molecule has 1 N–H and O–H groups in total. The molecule has 0 aromatic rings. The molecule has 4 heteroatoms. The largest absolute Gasteiger partial charge is 0.481 e. The molecule has 0 aromatic carbocycles. The zero-order chi connectivity index (χ0) is 10.6. The molecule has 1 rings (SSSR count). The molecule has 0 saturated carbocycles. The summed E-state index contributed by atoms with van der Waals surface area (Å²) < 4.78 is 5.17. The lowest BCUT2D eigenvalue weighted by atomic mass is 9.75. The van der Waals surface area contributed by atoms with Gasteiger partial charge in [0.25, 0.3) is 0 Å². The maximum Gasteiger partial charge on any atom is 0.310 e. The van der Waals surface area contributed by atoms with Crippen LogP contribution in [0.4, 0.5) is 0 Å². The van der Waals surface area contributed by atoms with Gasteiger partial charge in [0, 0.05) is 18.7 Å². The maximum absolute atomic E-state index is 11.2. The van der Waals surface area contributed by atoms with Crippen LogP contribution in [0.2, 0.25) is 0 Å². The fourth-order valence-electron chi connectivity index (χ4n) is 1.80. The first-order chi connectivity index (χ1) is 6.60. The van der Waals surface area contributed by atoms with Crippen molar-refractivity contribution in [1.29, 1.82) is 0 Å². The molecular weight excluding hydrogens is 204 g/mol. The molecule has 0 aliphatic carbocycles. The number of ether oxygens (including phenoxy) is 1. The summed E-state index contributed by atoms with van der Waals surface area (Å²) in [6.07, 6.45) is 1.67. The number of halogens is 1. The normalized spacial score (nSPS) is 22.0. The molecule has 1 saturated heterocycles. The van der Waals surface area contributed by atoms with Crippen LogP contribution in [-0.4, -0.2) is 24.3 Å². The van der Waals surface area contributed by atoms with Crippen molar-refractivity contribution in [3.8, 4) is 0 Å². The average molecular weight is 219 g/mol. The number of aliphatic carboxylic acids is 1. The van der Waals surface area contributed by atoms with Crippen LogP contribution in [0.15, 0.2) is 11.1 Å². The van der Waals surface area contributed by atoms with Gasteiger partial charge < -0.3 is 9.84 Å². The summed E-state index contributed by atoms with van der Waals surface area (Å²) in [6.45, 7) is 2.91. The molecule has 0 unspecified atom stereocenters. The molecule has 1 fully saturated rings. The second kappa shape index (κ2) is 4.80. The van der Waals surface area contributed by atoms with E-state index in [0.717, 1.165) is 5.57 Å². The van der Waals surface area contributed by atoms with Gasteiger partial charge >= 0.3 is 5.97 Å². The summed E-state index contributed by atoms with van der Waals surface area (Å²) in [4.78, 5) is 11.2. The third kappa shape index (κ3) is 2.49. The quantitative estimate of drug-likeness (QED) is 0.791. The van der Waals surface area contributed by atoms with Crippen molar-refractivity contribution in [1.82, 2.24) is 0 Å². The summed E-state index contributed by atoms with van der Waals surface area (Å²) in [5.74, 6) is -0.737. The third-order valence-electron chi connectivity index (χ3n) is 2.71. The van der Waals surface area contributed by atoms with Gasteiger partial charge in [-0.1, -0.05) is 17.2 Å². The van der Waals surface area contributed by atoms with Crippen LogP contribution < -0.4 is 0 Å². The molecule has 0 spiro atoms. The highest BCUT2D eigenvalue weighted by Crippen LogP contribution is 2.37. The van der Waals surface area contributed by atoms with Gasteiger partial charge in [-0.3, -0.25) is 4.79 Å². The van der Waals surface area contributed by atoms with Crippen molar-refractivity contribution in [2.45, 2.75) is 26.2 Å². The Hall–Kier alpha value is -0.540. The van der Waals surface area contributed by atoms with Gasteiger partial charge in [0.05, 0.1) is 5.41 Å². The van der Waals surface area contributed by atoms with Gasteiger partial charge in [0.15, 0.2) is 0 Å². The minimum atomic E-state index is -0.737. The van der Waals surface area contributed by atoms with E-state index in [2.05, 4.69) is 0 Å². The highest BCUT2D eigenvalue weighted by atomic mass is 35.5. The zero-order valence-electron chi connectivity index (χ0n) is 8.25. The maximum atomic E-state index is 11.2. The number of hydrogen-bond acceptors (Lipinski definition) is 2. The van der Waals surface area contributed by atoms with Crippen molar-refractivity contribution in [3.05, 3.63) is 11.1 Å². The van der Waals surface area contributed by atoms with Crippen molar-refractivity contribution >= 4 is 17.6 Å². The van der Waals surface area contributed by atoms with E-state index in [-0.39, 0.29) is 0 Å². The number of rotatable bonds is 3. The van der Waals surface area contributed by atoms with Crippen LogP contribution in [0.5, 0.6) is 0 Å². The van der Waals surface area contributed by atoms with Crippen LogP contribution in [-0.2, 0) is 9.53 Å². The molecule has 0 atom stereocenters. The van der Waals surface area contributed by atoms with E-state index >= 15 is 0 Å². The van der Waals surface area contributed by atoms with Crippen LogP contribution >= 0.6 is 11.6 Å². The van der Waals surface area contributed by atoms with Gasteiger partial charge in [0.2, 0.25) is 0 Å². The molecule has 1 heterocycles. The van der Waals surface area contributed by atoms with Crippen LogP contribution in [0.3, 0.4) is 0 Å². The predicted molar refractivity (Wildman–Crippen MR) is 54.3 cm³/mol. The Morgan fingerprint density at radius 2 is 2.14 bits per heavy atom. The smallest absolute Gasteiger partial charge is 0.310 e. The first-order valence-electron chi connectivity index (χ1n) is 4.68. The molecule has 0 bridgehead atoms. The molecule has 0 amide bonds. The lowest BCUT2D eigenvalue weighted by molar-refractivity contribution is -0.154. The standard InChI is InChI=1S/C10H15ClO3/c1-8(7-11)6-10(9(12)13)2-4-14-5-3-10/h7H,2-6H2,1H3,(H,12,13). The lowest BCUT2D eigenvalue weighted by Gasteiger charge is -2.33. The molecule has 80 valence electrons. The van der Waals surface area contributed by atoms with Crippen LogP contribution in [0.1, 0.15) is 26.2 Å². The number of carboxylic acids is 1. The summed E-state index contributed by atoms with van der Waals surface area (Å²) in [7, 11) is 0. The molecule has 14 heavy (non-hydrogen) atoms. The number of hydrogen-bond donors (Lipinski definition) is 1. The first kappa shape index (κ1) is 11.5. The fraction of sp³-hybridized carbons (Fsp3) is 0.700. The second-order valence-electron chi connectivity index (χ2n) is 3.83. The predicted octanol–water partition coefficient (Wildman–Crippen LogP) is 2.40. The van der Waals surface area contributed by atoms with E-state index in [4.69, 9.17) is 16.3 Å². The van der Waals surface area contributed by atoms with Crippen LogP contribution in [0, 0.1) is 5.41 Å². The Bertz CT molecular complexity index is 242. The van der Waals surface area contributed by atoms with Gasteiger partial charge in [-0.15, -0.1) is 0 Å². The molecule has 3 nitrogen and oxygen atoms in total. The molecule has 1 aliphatic rings. The molecule has 1 aliphatic heterocycles. The summed E-state index contributed by atoms with van der Waals surface area (Å²) >= 11 is 5.55. The van der Waals surface area contributed by atoms with E-state index in [1.165, 1.54) is 5.54 Å². The summed E-state index contributed by atoms with van der Waals surface area (Å²) in [6, 6.07) is 0. The lowest BCUT2D eigenvalue weighted by Crippen LogP contribution is -2.37. The van der Waals surface area contributed by atoms with Gasteiger partial charge in [-0.25, -0.2) is 0 Å². The first-order valence-corrected chi connectivity index (χ1v) is 5.11. The van der Waals surface area contributed by atoms with Crippen molar-refractivity contribution in [3.63, 3.8) is 0 Å². The SMILES string of the molecule is CC(=CCl)CC1(C(=O)O)CCOCC1. The van der Waals surface area contributed by atoms with E-state index in [1.807, 2.05) is 6.92 Å². The fourth-order valence-corrected chi connectivity index (χ4v) is 1.88. The Labute approximate surface area is 88.7 Å². The third-order valence-corrected chi connectivity index (χ3v) is 3.08. The van der Waals surface area contributed by atoms with Gasteiger partial charge in [-0.05, 0) is 26.2 Å². The minimum Gasteiger partial charge on any atom is -0.481 e. The van der Waals surface area contributed by atoms with E-state index in [0.29, 0.717) is 32.5 Å². The molecule has 0 radical (unpaired) electrons. The zero-order valence-corrected chi connectivity index (χ0v) is 9.01. The monoisotopic (exact) mass is 218 g/mol. The number of carboxylic acid groups (broad SMARTS) is 1. The summed E-state index contributed by atoms with van der Waals surface area (Å²) in [5.41, 5.74) is 1.71. The topological polar surface area (TPSA) is 46.5 Å². The average Bonchev–Trinajstić information content (AvgIpc) is 2.19. The van der Waals surface area contributed by atoms with E-state index < -0.39 is 11.4 Å².